The molecule has 1 atom stereocenters. The predicted molar refractivity (Wildman–Crippen MR) is 73.5 cm³/mol. The molecule has 4 heteroatoms. The topological polar surface area (TPSA) is 46.6 Å². The van der Waals surface area contributed by atoms with E-state index in [0.29, 0.717) is 6.54 Å². The fourth-order valence-electron chi connectivity index (χ4n) is 2.49. The molecule has 0 radical (unpaired) electrons. The van der Waals surface area contributed by atoms with Crippen molar-refractivity contribution in [3.63, 3.8) is 0 Å². The number of esters is 1. The minimum Gasteiger partial charge on any atom is -0.469 e. The first kappa shape index (κ1) is 13.6. The summed E-state index contributed by atoms with van der Waals surface area (Å²) in [6.07, 6.45) is 0.921. The average Bonchev–Trinajstić information content (AvgIpc) is 2.80. The molecule has 0 N–H and O–H groups in total. The molecule has 1 aromatic carbocycles. The Morgan fingerprint density at radius 1 is 1.42 bits per heavy atom. The van der Waals surface area contributed by atoms with E-state index in [9.17, 15) is 9.59 Å². The van der Waals surface area contributed by atoms with Gasteiger partial charge >= 0.3 is 5.97 Å². The third-order valence-corrected chi connectivity index (χ3v) is 3.58. The van der Waals surface area contributed by atoms with Crippen LogP contribution >= 0.6 is 0 Å². The van der Waals surface area contributed by atoms with Gasteiger partial charge in [-0.1, -0.05) is 6.92 Å². The molecule has 0 saturated carbocycles. The molecule has 0 aromatic heterocycles. The Bertz CT molecular complexity index is 510. The summed E-state index contributed by atoms with van der Waals surface area (Å²) in [5.41, 5.74) is 3.06. The second-order valence-corrected chi connectivity index (χ2v) is 5.02. The Balaban J connectivity index is 2.14. The molecule has 2 rings (SSSR count). The molecule has 0 fully saturated rings. The van der Waals surface area contributed by atoms with Crippen molar-refractivity contribution in [2.45, 2.75) is 20.3 Å². The molecular formula is C15H19NO3. The average molecular weight is 261 g/mol. The van der Waals surface area contributed by atoms with Crippen LogP contribution in [0, 0.1) is 5.92 Å². The van der Waals surface area contributed by atoms with Gasteiger partial charge in [0.15, 0.2) is 5.78 Å². The van der Waals surface area contributed by atoms with E-state index < -0.39 is 0 Å². The standard InChI is InChI=1S/C15H19NO3/c1-10(15(18)19-3)9-16-7-6-13-8-12(11(2)17)4-5-14(13)16/h4-5,8,10H,6-7,9H2,1-3H3. The van der Waals surface area contributed by atoms with Crippen molar-refractivity contribution in [1.82, 2.24) is 0 Å². The number of hydrogen-bond donors (Lipinski definition) is 0. The highest BCUT2D eigenvalue weighted by Gasteiger charge is 2.24. The highest BCUT2D eigenvalue weighted by atomic mass is 16.5. The fourth-order valence-corrected chi connectivity index (χ4v) is 2.49. The fraction of sp³-hybridized carbons (Fsp3) is 0.467. The number of hydrogen-bond acceptors (Lipinski definition) is 4. The van der Waals surface area contributed by atoms with E-state index in [1.54, 1.807) is 6.92 Å². The highest BCUT2D eigenvalue weighted by molar-refractivity contribution is 5.95. The van der Waals surface area contributed by atoms with Crippen molar-refractivity contribution >= 4 is 17.4 Å². The number of ether oxygens (including phenoxy) is 1. The second kappa shape index (κ2) is 5.43. The zero-order valence-corrected chi connectivity index (χ0v) is 11.6. The van der Waals surface area contributed by atoms with E-state index in [-0.39, 0.29) is 17.7 Å². The van der Waals surface area contributed by atoms with Gasteiger partial charge in [0.05, 0.1) is 13.0 Å². The quantitative estimate of drug-likeness (QED) is 0.615. The van der Waals surface area contributed by atoms with Crippen molar-refractivity contribution in [3.8, 4) is 0 Å². The lowest BCUT2D eigenvalue weighted by molar-refractivity contribution is -0.144. The molecule has 0 spiro atoms. The van der Waals surface area contributed by atoms with E-state index >= 15 is 0 Å². The van der Waals surface area contributed by atoms with Gasteiger partial charge in [-0.3, -0.25) is 9.59 Å². The lowest BCUT2D eigenvalue weighted by Gasteiger charge is -2.22. The summed E-state index contributed by atoms with van der Waals surface area (Å²) in [5, 5.41) is 0. The first-order valence-electron chi connectivity index (χ1n) is 6.49. The van der Waals surface area contributed by atoms with Crippen LogP contribution in [-0.2, 0) is 16.0 Å². The van der Waals surface area contributed by atoms with Gasteiger partial charge in [-0.15, -0.1) is 0 Å². The molecule has 1 aliphatic heterocycles. The molecule has 19 heavy (non-hydrogen) atoms. The Morgan fingerprint density at radius 2 is 2.16 bits per heavy atom. The van der Waals surface area contributed by atoms with Crippen LogP contribution in [0.2, 0.25) is 0 Å². The first-order chi connectivity index (χ1) is 9.02. The van der Waals surface area contributed by atoms with Crippen LogP contribution in [0.3, 0.4) is 0 Å². The lowest BCUT2D eigenvalue weighted by atomic mass is 10.1. The highest BCUT2D eigenvalue weighted by Crippen LogP contribution is 2.29. The number of benzene rings is 1. The number of carbonyl (C=O) groups excluding carboxylic acids is 2. The smallest absolute Gasteiger partial charge is 0.310 e. The van der Waals surface area contributed by atoms with Crippen LogP contribution in [-0.4, -0.2) is 32.0 Å². The largest absolute Gasteiger partial charge is 0.469 e. The van der Waals surface area contributed by atoms with Gasteiger partial charge in [0.1, 0.15) is 0 Å². The molecule has 0 saturated heterocycles. The number of fused-ring (bicyclic) bond motifs is 1. The van der Waals surface area contributed by atoms with E-state index in [4.69, 9.17) is 4.74 Å². The van der Waals surface area contributed by atoms with Crippen molar-refractivity contribution in [2.24, 2.45) is 5.92 Å². The minimum absolute atomic E-state index is 0.0872. The maximum absolute atomic E-state index is 11.5. The van der Waals surface area contributed by atoms with E-state index in [2.05, 4.69) is 4.90 Å². The number of rotatable bonds is 4. The molecule has 4 nitrogen and oxygen atoms in total. The summed E-state index contributed by atoms with van der Waals surface area (Å²) in [4.78, 5) is 25.0. The summed E-state index contributed by atoms with van der Waals surface area (Å²) < 4.78 is 4.75. The van der Waals surface area contributed by atoms with Crippen LogP contribution in [0.25, 0.3) is 0 Å². The summed E-state index contributed by atoms with van der Waals surface area (Å²) >= 11 is 0. The Kier molecular flexibility index (Phi) is 3.88. The third-order valence-electron chi connectivity index (χ3n) is 3.58. The molecule has 102 valence electrons. The maximum Gasteiger partial charge on any atom is 0.310 e. The first-order valence-corrected chi connectivity index (χ1v) is 6.49. The summed E-state index contributed by atoms with van der Waals surface area (Å²) in [7, 11) is 1.41. The predicted octanol–water partition coefficient (Wildman–Crippen LogP) is 2.06. The van der Waals surface area contributed by atoms with Crippen molar-refractivity contribution in [1.29, 1.82) is 0 Å². The third kappa shape index (κ3) is 2.78. The normalized spacial score (nSPS) is 15.0. The van der Waals surface area contributed by atoms with Crippen molar-refractivity contribution in [3.05, 3.63) is 29.3 Å². The number of Topliss-reactive ketones (excluding diaryl/α,β-unsaturated/α-hetero) is 1. The molecule has 0 aliphatic carbocycles. The number of carbonyl (C=O) groups is 2. The monoisotopic (exact) mass is 261 g/mol. The van der Waals surface area contributed by atoms with Gasteiger partial charge in [0.2, 0.25) is 0 Å². The summed E-state index contributed by atoms with van der Waals surface area (Å²) in [6, 6.07) is 5.78. The molecule has 0 bridgehead atoms. The Morgan fingerprint density at radius 3 is 2.79 bits per heavy atom. The van der Waals surface area contributed by atoms with Crippen LogP contribution in [0.15, 0.2) is 18.2 Å². The number of anilines is 1. The van der Waals surface area contributed by atoms with Crippen molar-refractivity contribution in [2.75, 3.05) is 25.1 Å². The molecule has 1 unspecified atom stereocenters. The zero-order valence-electron chi connectivity index (χ0n) is 11.6. The van der Waals surface area contributed by atoms with Gasteiger partial charge in [-0.2, -0.15) is 0 Å². The Labute approximate surface area is 113 Å². The van der Waals surface area contributed by atoms with Crippen LogP contribution in [0.5, 0.6) is 0 Å². The minimum atomic E-state index is -0.186. The molecule has 1 aromatic rings. The SMILES string of the molecule is COC(=O)C(C)CN1CCc2cc(C(C)=O)ccc21. The molecule has 1 aliphatic rings. The van der Waals surface area contributed by atoms with E-state index in [0.717, 1.165) is 24.2 Å². The molecule has 0 amide bonds. The van der Waals surface area contributed by atoms with Gasteiger partial charge < -0.3 is 9.64 Å². The second-order valence-electron chi connectivity index (χ2n) is 5.02. The van der Waals surface area contributed by atoms with E-state index in [1.807, 2.05) is 25.1 Å². The lowest BCUT2D eigenvalue weighted by Crippen LogP contribution is -2.31. The zero-order chi connectivity index (χ0) is 14.0. The maximum atomic E-state index is 11.5. The van der Waals surface area contributed by atoms with Gasteiger partial charge in [-0.25, -0.2) is 0 Å². The summed E-state index contributed by atoms with van der Waals surface area (Å²) in [5.74, 6) is -0.249. The van der Waals surface area contributed by atoms with Crippen LogP contribution in [0.1, 0.15) is 29.8 Å². The van der Waals surface area contributed by atoms with Crippen LogP contribution in [0.4, 0.5) is 5.69 Å². The number of ketones is 1. The number of methoxy groups -OCH3 is 1. The van der Waals surface area contributed by atoms with E-state index in [1.165, 1.54) is 12.7 Å². The van der Waals surface area contributed by atoms with Gasteiger partial charge in [0, 0.05) is 24.3 Å². The molecular weight excluding hydrogens is 242 g/mol. The van der Waals surface area contributed by atoms with Crippen molar-refractivity contribution < 1.29 is 14.3 Å². The van der Waals surface area contributed by atoms with Gasteiger partial charge in [0.25, 0.3) is 0 Å². The Hall–Kier alpha value is -1.84. The molecule has 1 heterocycles. The summed E-state index contributed by atoms with van der Waals surface area (Å²) in [6.45, 7) is 4.98. The number of nitrogens with zero attached hydrogens (tertiary/aromatic N) is 1. The van der Waals surface area contributed by atoms with Gasteiger partial charge in [-0.05, 0) is 37.1 Å². The van der Waals surface area contributed by atoms with Crippen LogP contribution < -0.4 is 4.90 Å².